The van der Waals surface area contributed by atoms with Crippen LogP contribution in [0, 0.1) is 18.3 Å². The number of phenolic OH excluding ortho intramolecular Hbond substituents is 1. The monoisotopic (exact) mass is 347 g/mol. The summed E-state index contributed by atoms with van der Waals surface area (Å²) in [6.45, 7) is 4.25. The summed E-state index contributed by atoms with van der Waals surface area (Å²) in [4.78, 5) is 4.30. The van der Waals surface area contributed by atoms with Crippen LogP contribution in [0.5, 0.6) is 11.5 Å². The fourth-order valence-corrected chi connectivity index (χ4v) is 2.35. The molecule has 0 fully saturated rings. The Kier molecular flexibility index (Phi) is 4.99. The molecule has 0 aliphatic heterocycles. The van der Waals surface area contributed by atoms with Crippen LogP contribution in [0.3, 0.4) is 0 Å². The van der Waals surface area contributed by atoms with Crippen molar-refractivity contribution in [2.24, 2.45) is 0 Å². The average Bonchev–Trinajstić information content (AvgIpc) is 3.13. The maximum Gasteiger partial charge on any atom is 0.268 e. The fraction of sp³-hybridized carbons (Fsp3) is 0.150. The van der Waals surface area contributed by atoms with Gasteiger partial charge in [-0.2, -0.15) is 10.2 Å². The van der Waals surface area contributed by atoms with Gasteiger partial charge < -0.3 is 14.4 Å². The van der Waals surface area contributed by atoms with Crippen LogP contribution in [0.15, 0.2) is 47.0 Å². The van der Waals surface area contributed by atoms with E-state index in [0.717, 1.165) is 11.1 Å². The lowest BCUT2D eigenvalue weighted by atomic mass is 10.1. The summed E-state index contributed by atoms with van der Waals surface area (Å²) in [7, 11) is 0. The molecule has 0 radical (unpaired) electrons. The van der Waals surface area contributed by atoms with Crippen LogP contribution in [-0.2, 0) is 0 Å². The molecule has 0 saturated heterocycles. The van der Waals surface area contributed by atoms with Gasteiger partial charge >= 0.3 is 0 Å². The zero-order valence-corrected chi connectivity index (χ0v) is 14.4. The first-order valence-electron chi connectivity index (χ1n) is 8.09. The van der Waals surface area contributed by atoms with E-state index in [1.807, 2.05) is 38.1 Å². The Morgan fingerprint density at radius 3 is 2.73 bits per heavy atom. The van der Waals surface area contributed by atoms with Crippen molar-refractivity contribution in [1.29, 1.82) is 5.26 Å². The van der Waals surface area contributed by atoms with E-state index in [1.54, 1.807) is 18.2 Å². The van der Waals surface area contributed by atoms with Crippen LogP contribution >= 0.6 is 0 Å². The van der Waals surface area contributed by atoms with Crippen molar-refractivity contribution in [1.82, 2.24) is 10.1 Å². The van der Waals surface area contributed by atoms with E-state index in [0.29, 0.717) is 23.7 Å². The van der Waals surface area contributed by atoms with Gasteiger partial charge in [-0.3, -0.25) is 0 Å². The standard InChI is InChI=1S/C20H17N3O3/c1-3-25-18-11-14(6-9-17(18)24)10-16(12-21)20-22-19(23-26-20)15-7-4-13(2)5-8-15/h4-11,24H,3H2,1-2H3/b16-10+. The normalized spacial score (nSPS) is 11.2. The summed E-state index contributed by atoms with van der Waals surface area (Å²) < 4.78 is 10.6. The molecule has 0 saturated carbocycles. The number of benzene rings is 2. The summed E-state index contributed by atoms with van der Waals surface area (Å²) in [6, 6.07) is 14.6. The van der Waals surface area contributed by atoms with Gasteiger partial charge in [0.1, 0.15) is 11.6 Å². The van der Waals surface area contributed by atoms with Crippen LogP contribution in [0.4, 0.5) is 0 Å². The molecule has 0 atom stereocenters. The largest absolute Gasteiger partial charge is 0.504 e. The Hall–Kier alpha value is -3.59. The van der Waals surface area contributed by atoms with Crippen molar-refractivity contribution in [3.8, 4) is 29.0 Å². The molecular weight excluding hydrogens is 330 g/mol. The minimum Gasteiger partial charge on any atom is -0.504 e. The molecule has 6 heteroatoms. The van der Waals surface area contributed by atoms with Gasteiger partial charge in [-0.1, -0.05) is 41.1 Å². The third-order valence-electron chi connectivity index (χ3n) is 3.68. The van der Waals surface area contributed by atoms with Gasteiger partial charge in [-0.15, -0.1) is 0 Å². The average molecular weight is 347 g/mol. The summed E-state index contributed by atoms with van der Waals surface area (Å²) in [6.07, 6.45) is 1.61. The molecule has 3 aromatic rings. The number of aromatic hydroxyl groups is 1. The summed E-state index contributed by atoms with van der Waals surface area (Å²) >= 11 is 0. The van der Waals surface area contributed by atoms with E-state index in [1.165, 1.54) is 6.07 Å². The lowest BCUT2D eigenvalue weighted by Gasteiger charge is -2.06. The third kappa shape index (κ3) is 3.73. The Balaban J connectivity index is 1.92. The molecule has 0 amide bonds. The number of hydrogen-bond donors (Lipinski definition) is 1. The molecule has 26 heavy (non-hydrogen) atoms. The van der Waals surface area contributed by atoms with E-state index in [2.05, 4.69) is 16.2 Å². The van der Waals surface area contributed by atoms with E-state index < -0.39 is 0 Å². The van der Waals surface area contributed by atoms with Crippen molar-refractivity contribution in [2.75, 3.05) is 6.61 Å². The maximum atomic E-state index is 9.77. The Labute approximate surface area is 151 Å². The van der Waals surface area contributed by atoms with Gasteiger partial charge in [-0.05, 0) is 37.6 Å². The Morgan fingerprint density at radius 1 is 1.27 bits per heavy atom. The second-order valence-electron chi connectivity index (χ2n) is 5.62. The number of rotatable bonds is 5. The minimum atomic E-state index is 0.0435. The second-order valence-corrected chi connectivity index (χ2v) is 5.62. The molecule has 0 spiro atoms. The first-order valence-corrected chi connectivity index (χ1v) is 8.09. The quantitative estimate of drug-likeness (QED) is 0.695. The highest BCUT2D eigenvalue weighted by atomic mass is 16.5. The Morgan fingerprint density at radius 2 is 2.04 bits per heavy atom. The highest BCUT2D eigenvalue weighted by Crippen LogP contribution is 2.29. The summed E-state index contributed by atoms with van der Waals surface area (Å²) in [5.74, 6) is 0.947. The van der Waals surface area contributed by atoms with Gasteiger partial charge in [0, 0.05) is 5.56 Å². The minimum absolute atomic E-state index is 0.0435. The zero-order chi connectivity index (χ0) is 18.5. The smallest absolute Gasteiger partial charge is 0.268 e. The van der Waals surface area contributed by atoms with Crippen LogP contribution in [0.2, 0.25) is 0 Å². The molecule has 0 aliphatic rings. The number of aromatic nitrogens is 2. The zero-order valence-electron chi connectivity index (χ0n) is 14.4. The maximum absolute atomic E-state index is 9.77. The molecule has 6 nitrogen and oxygen atoms in total. The van der Waals surface area contributed by atoms with Crippen molar-refractivity contribution in [2.45, 2.75) is 13.8 Å². The predicted molar refractivity (Wildman–Crippen MR) is 97.2 cm³/mol. The lowest BCUT2D eigenvalue weighted by molar-refractivity contribution is 0.318. The van der Waals surface area contributed by atoms with E-state index >= 15 is 0 Å². The number of nitrogens with zero attached hydrogens (tertiary/aromatic N) is 3. The molecule has 3 rings (SSSR count). The van der Waals surface area contributed by atoms with Crippen molar-refractivity contribution in [3.05, 3.63) is 59.5 Å². The SMILES string of the molecule is CCOc1cc(/C=C(\C#N)c2nc(-c3ccc(C)cc3)no2)ccc1O. The predicted octanol–water partition coefficient (Wildman–Crippen LogP) is 4.21. The van der Waals surface area contributed by atoms with E-state index in [4.69, 9.17) is 9.26 Å². The highest BCUT2D eigenvalue weighted by Gasteiger charge is 2.13. The molecular formula is C20H17N3O3. The number of phenols is 1. The van der Waals surface area contributed by atoms with Gasteiger partial charge in [0.25, 0.3) is 5.89 Å². The molecule has 1 heterocycles. The third-order valence-corrected chi connectivity index (χ3v) is 3.68. The van der Waals surface area contributed by atoms with Crippen LogP contribution in [0.1, 0.15) is 23.9 Å². The molecule has 0 unspecified atom stereocenters. The summed E-state index contributed by atoms with van der Waals surface area (Å²) in [5, 5.41) is 23.2. The molecule has 2 aromatic carbocycles. The highest BCUT2D eigenvalue weighted by molar-refractivity contribution is 5.87. The van der Waals surface area contributed by atoms with Gasteiger partial charge in [0.05, 0.1) is 6.61 Å². The summed E-state index contributed by atoms with van der Waals surface area (Å²) in [5.41, 5.74) is 2.85. The first kappa shape index (κ1) is 17.2. The fourth-order valence-electron chi connectivity index (χ4n) is 2.35. The number of nitriles is 1. The number of aryl methyl sites for hydroxylation is 1. The van der Waals surface area contributed by atoms with E-state index in [-0.39, 0.29) is 17.2 Å². The van der Waals surface area contributed by atoms with Gasteiger partial charge in [-0.25, -0.2) is 0 Å². The number of hydrogen-bond acceptors (Lipinski definition) is 6. The van der Waals surface area contributed by atoms with E-state index in [9.17, 15) is 10.4 Å². The molecule has 130 valence electrons. The lowest BCUT2D eigenvalue weighted by Crippen LogP contribution is -1.92. The van der Waals surface area contributed by atoms with Crippen LogP contribution < -0.4 is 4.74 Å². The van der Waals surface area contributed by atoms with Crippen LogP contribution in [0.25, 0.3) is 23.0 Å². The molecule has 1 aromatic heterocycles. The Bertz CT molecular complexity index is 982. The molecule has 1 N–H and O–H groups in total. The first-order chi connectivity index (χ1) is 12.6. The van der Waals surface area contributed by atoms with Gasteiger partial charge in [0.15, 0.2) is 11.5 Å². The van der Waals surface area contributed by atoms with Crippen LogP contribution in [-0.4, -0.2) is 21.9 Å². The van der Waals surface area contributed by atoms with Crippen molar-refractivity contribution >= 4 is 11.6 Å². The topological polar surface area (TPSA) is 92.2 Å². The molecule has 0 bridgehead atoms. The van der Waals surface area contributed by atoms with Gasteiger partial charge in [0.2, 0.25) is 5.82 Å². The van der Waals surface area contributed by atoms with Crippen molar-refractivity contribution < 1.29 is 14.4 Å². The van der Waals surface area contributed by atoms with Crippen molar-refractivity contribution in [3.63, 3.8) is 0 Å². The molecule has 0 aliphatic carbocycles. The second kappa shape index (κ2) is 7.53. The number of ether oxygens (including phenoxy) is 1. The number of allylic oxidation sites excluding steroid dienone is 1.